The number of fused-ring (bicyclic) bond motifs is 1. The predicted molar refractivity (Wildman–Crippen MR) is 90.9 cm³/mol. The van der Waals surface area contributed by atoms with Gasteiger partial charge in [-0.3, -0.25) is 14.9 Å². The summed E-state index contributed by atoms with van der Waals surface area (Å²) in [5.74, 6) is 0.136. The molecule has 0 aliphatic heterocycles. The second-order valence-corrected chi connectivity index (χ2v) is 6.17. The lowest BCUT2D eigenvalue weighted by molar-refractivity contribution is 0.0941. The van der Waals surface area contributed by atoms with Crippen molar-refractivity contribution in [1.29, 1.82) is 5.26 Å². The van der Waals surface area contributed by atoms with Crippen LogP contribution in [-0.2, 0) is 19.4 Å². The summed E-state index contributed by atoms with van der Waals surface area (Å²) in [4.78, 5) is 24.2. The summed E-state index contributed by atoms with van der Waals surface area (Å²) in [5, 5.41) is 18.0. The van der Waals surface area contributed by atoms with Crippen molar-refractivity contribution in [2.45, 2.75) is 25.3 Å². The second-order valence-electron chi connectivity index (χ2n) is 6.17. The van der Waals surface area contributed by atoms with Crippen LogP contribution in [0.2, 0.25) is 0 Å². The summed E-state index contributed by atoms with van der Waals surface area (Å²) < 4.78 is 0. The van der Waals surface area contributed by atoms with Crippen molar-refractivity contribution < 1.29 is 4.79 Å². The molecule has 8 heteroatoms. The molecule has 1 unspecified atom stereocenters. The van der Waals surface area contributed by atoms with Gasteiger partial charge in [0.2, 0.25) is 5.82 Å². The normalized spacial score (nSPS) is 15.3. The Morgan fingerprint density at radius 2 is 2.19 bits per heavy atom. The average Bonchev–Trinajstić information content (AvgIpc) is 3.35. The highest BCUT2D eigenvalue weighted by Gasteiger charge is 2.24. The van der Waals surface area contributed by atoms with Gasteiger partial charge in [0.25, 0.3) is 5.91 Å². The van der Waals surface area contributed by atoms with Gasteiger partial charge in [-0.05, 0) is 29.5 Å². The van der Waals surface area contributed by atoms with E-state index in [1.54, 1.807) is 6.20 Å². The lowest BCUT2D eigenvalue weighted by atomic mass is 10.0. The Bertz CT molecular complexity index is 991. The highest BCUT2D eigenvalue weighted by molar-refractivity contribution is 5.90. The molecule has 1 amide bonds. The molecular weight excluding hydrogens is 330 g/mol. The van der Waals surface area contributed by atoms with Crippen molar-refractivity contribution in [3.8, 4) is 6.07 Å². The van der Waals surface area contributed by atoms with Crippen molar-refractivity contribution in [2.75, 3.05) is 0 Å². The first kappa shape index (κ1) is 15.9. The molecule has 2 N–H and O–H groups in total. The molecule has 1 atom stereocenters. The topological polar surface area (TPSA) is 120 Å². The number of rotatable bonds is 4. The van der Waals surface area contributed by atoms with Gasteiger partial charge in [-0.2, -0.15) is 10.4 Å². The van der Waals surface area contributed by atoms with Crippen LogP contribution >= 0.6 is 0 Å². The fraction of sp³-hybridized carbons (Fsp3) is 0.222. The number of amides is 1. The van der Waals surface area contributed by atoms with Gasteiger partial charge in [-0.25, -0.2) is 9.97 Å². The van der Waals surface area contributed by atoms with E-state index in [9.17, 15) is 4.79 Å². The van der Waals surface area contributed by atoms with Crippen LogP contribution in [0, 0.1) is 11.3 Å². The number of benzene rings is 1. The number of nitriles is 1. The Morgan fingerprint density at radius 3 is 3.00 bits per heavy atom. The third-order valence-corrected chi connectivity index (χ3v) is 4.47. The minimum absolute atomic E-state index is 0.196. The Morgan fingerprint density at radius 1 is 1.31 bits per heavy atom. The largest absolute Gasteiger partial charge is 0.345 e. The average molecular weight is 345 g/mol. The van der Waals surface area contributed by atoms with Gasteiger partial charge in [0.15, 0.2) is 5.69 Å². The predicted octanol–water partition coefficient (Wildman–Crippen LogP) is 1.28. The van der Waals surface area contributed by atoms with E-state index in [2.05, 4.69) is 42.6 Å². The number of hydrogen-bond acceptors (Lipinski definition) is 6. The minimum Gasteiger partial charge on any atom is -0.345 e. The molecule has 2 heterocycles. The number of carbonyl (C=O) groups excluding carboxylic acids is 1. The number of hydrogen-bond donors (Lipinski definition) is 2. The molecule has 128 valence electrons. The van der Waals surface area contributed by atoms with Crippen molar-refractivity contribution >= 4 is 5.91 Å². The highest BCUT2D eigenvalue weighted by Crippen LogP contribution is 2.33. The fourth-order valence-corrected chi connectivity index (χ4v) is 3.20. The molecule has 1 aliphatic carbocycles. The summed E-state index contributed by atoms with van der Waals surface area (Å²) in [5.41, 5.74) is 4.72. The molecule has 0 saturated carbocycles. The first-order valence-electron chi connectivity index (χ1n) is 8.19. The first-order chi connectivity index (χ1) is 12.7. The van der Waals surface area contributed by atoms with Crippen LogP contribution in [0.3, 0.4) is 0 Å². The van der Waals surface area contributed by atoms with Crippen LogP contribution in [-0.4, -0.2) is 31.1 Å². The van der Waals surface area contributed by atoms with Gasteiger partial charge in [0, 0.05) is 18.7 Å². The second kappa shape index (κ2) is 6.72. The fourth-order valence-electron chi connectivity index (χ4n) is 3.20. The van der Waals surface area contributed by atoms with Crippen molar-refractivity contribution in [3.63, 3.8) is 0 Å². The standard InChI is InChI=1S/C18H15N7O/c19-6-15-8-20-9-16(24-15)14-4-12-2-1-11(3-13(12)5-14)7-21-18(26)17-22-10-23-25-17/h1-3,8-10,14H,4-5,7H2,(H,21,26)(H,22,23,25). The molecule has 1 aromatic carbocycles. The van der Waals surface area contributed by atoms with Crippen molar-refractivity contribution in [2.24, 2.45) is 0 Å². The zero-order chi connectivity index (χ0) is 17.9. The molecule has 0 bridgehead atoms. The number of aromatic amines is 1. The Labute approximate surface area is 149 Å². The van der Waals surface area contributed by atoms with Crippen molar-refractivity contribution in [3.05, 3.63) is 70.8 Å². The number of nitrogens with one attached hydrogen (secondary N) is 2. The molecule has 8 nitrogen and oxygen atoms in total. The summed E-state index contributed by atoms with van der Waals surface area (Å²) in [6, 6.07) is 8.25. The van der Waals surface area contributed by atoms with E-state index in [0.717, 1.165) is 24.1 Å². The van der Waals surface area contributed by atoms with Crippen LogP contribution in [0.1, 0.15) is 44.6 Å². The summed E-state index contributed by atoms with van der Waals surface area (Å²) in [7, 11) is 0. The van der Waals surface area contributed by atoms with Gasteiger partial charge in [0.05, 0.1) is 11.9 Å². The SMILES string of the molecule is N#Cc1cncc(C2Cc3ccc(CNC(=O)c4ncn[nH]4)cc3C2)n1. The van der Waals surface area contributed by atoms with Crippen molar-refractivity contribution in [1.82, 2.24) is 30.5 Å². The van der Waals surface area contributed by atoms with E-state index in [4.69, 9.17) is 5.26 Å². The lowest BCUT2D eigenvalue weighted by Crippen LogP contribution is -2.24. The van der Waals surface area contributed by atoms with Crippen LogP contribution < -0.4 is 5.32 Å². The molecule has 1 aliphatic rings. The van der Waals surface area contributed by atoms with E-state index >= 15 is 0 Å². The van der Waals surface area contributed by atoms with Crippen LogP contribution in [0.15, 0.2) is 36.9 Å². The Hall–Kier alpha value is -3.60. The van der Waals surface area contributed by atoms with Crippen LogP contribution in [0.4, 0.5) is 0 Å². The number of aromatic nitrogens is 5. The summed E-state index contributed by atoms with van der Waals surface area (Å²) in [6.07, 6.45) is 6.23. The third kappa shape index (κ3) is 3.15. The molecule has 3 aromatic rings. The van der Waals surface area contributed by atoms with Gasteiger partial charge < -0.3 is 5.32 Å². The number of nitrogens with zero attached hydrogens (tertiary/aromatic N) is 5. The number of H-pyrrole nitrogens is 1. The first-order valence-corrected chi connectivity index (χ1v) is 8.19. The van der Waals surface area contributed by atoms with E-state index in [0.29, 0.717) is 12.2 Å². The smallest absolute Gasteiger partial charge is 0.288 e. The maximum absolute atomic E-state index is 11.9. The van der Waals surface area contributed by atoms with Gasteiger partial charge in [-0.15, -0.1) is 0 Å². The molecule has 0 saturated heterocycles. The van der Waals surface area contributed by atoms with E-state index in [-0.39, 0.29) is 17.6 Å². The zero-order valence-electron chi connectivity index (χ0n) is 13.8. The van der Waals surface area contributed by atoms with E-state index in [1.165, 1.54) is 23.7 Å². The maximum Gasteiger partial charge on any atom is 0.288 e. The Balaban J connectivity index is 1.44. The highest BCUT2D eigenvalue weighted by atomic mass is 16.2. The maximum atomic E-state index is 11.9. The molecule has 2 aromatic heterocycles. The molecule has 4 rings (SSSR count). The summed E-state index contributed by atoms with van der Waals surface area (Å²) >= 11 is 0. The van der Waals surface area contributed by atoms with Gasteiger partial charge >= 0.3 is 0 Å². The van der Waals surface area contributed by atoms with E-state index < -0.39 is 0 Å². The summed E-state index contributed by atoms with van der Waals surface area (Å²) in [6.45, 7) is 0.418. The van der Waals surface area contributed by atoms with Gasteiger partial charge in [0.1, 0.15) is 12.4 Å². The molecule has 26 heavy (non-hydrogen) atoms. The Kier molecular flexibility index (Phi) is 4.11. The van der Waals surface area contributed by atoms with Crippen LogP contribution in [0.5, 0.6) is 0 Å². The minimum atomic E-state index is -0.288. The van der Waals surface area contributed by atoms with Crippen LogP contribution in [0.25, 0.3) is 0 Å². The molecule has 0 spiro atoms. The quantitative estimate of drug-likeness (QED) is 0.735. The third-order valence-electron chi connectivity index (χ3n) is 4.47. The van der Waals surface area contributed by atoms with Gasteiger partial charge in [-0.1, -0.05) is 18.2 Å². The molecule has 0 fully saturated rings. The monoisotopic (exact) mass is 345 g/mol. The number of carbonyl (C=O) groups is 1. The molecule has 0 radical (unpaired) electrons. The lowest BCUT2D eigenvalue weighted by Gasteiger charge is -2.07. The zero-order valence-corrected chi connectivity index (χ0v) is 13.8. The molecular formula is C18H15N7O. The van der Waals surface area contributed by atoms with E-state index in [1.807, 2.05) is 12.1 Å².